The average molecular weight is 1280 g/mol. The van der Waals surface area contributed by atoms with Gasteiger partial charge in [-0.3, -0.25) is 18.6 Å². The third-order valence-electron chi connectivity index (χ3n) is 15.7. The van der Waals surface area contributed by atoms with E-state index in [1.165, 1.54) is 173 Å². The minimum Gasteiger partial charge on any atom is -0.462 e. The molecule has 10 heteroatoms. The molecular formula is C81H138NO8P. The SMILES string of the molecule is CC/C=C\C/C=C\C/C=C\C/C=C\C/C=C\C/C=C\C/C=C\C/C=C\C/C=C\CCCCCCCCCCCCCC(=O)OC(COC(=O)CCCCCCCCCCCCCCCCCC/C=C\C/C=C\C/C=C\CCCCCCC)COP(=O)(O)OCCN. The van der Waals surface area contributed by atoms with E-state index in [0.29, 0.717) is 6.42 Å². The first-order valence-corrected chi connectivity index (χ1v) is 38.8. The van der Waals surface area contributed by atoms with Crippen LogP contribution in [0.4, 0.5) is 0 Å². The van der Waals surface area contributed by atoms with Gasteiger partial charge in [-0.1, -0.05) is 333 Å². The van der Waals surface area contributed by atoms with Gasteiger partial charge in [0.05, 0.1) is 13.2 Å². The van der Waals surface area contributed by atoms with Crippen LogP contribution in [-0.4, -0.2) is 49.3 Å². The summed E-state index contributed by atoms with van der Waals surface area (Å²) < 4.78 is 33.2. The Morgan fingerprint density at radius 1 is 0.341 bits per heavy atom. The van der Waals surface area contributed by atoms with Crippen LogP contribution in [0, 0.1) is 0 Å². The molecule has 0 aliphatic rings. The molecule has 0 aromatic heterocycles. The molecule has 520 valence electrons. The zero-order valence-electron chi connectivity index (χ0n) is 58.5. The molecule has 0 aliphatic heterocycles. The van der Waals surface area contributed by atoms with Gasteiger partial charge < -0.3 is 20.1 Å². The topological polar surface area (TPSA) is 134 Å². The van der Waals surface area contributed by atoms with E-state index in [0.717, 1.165) is 116 Å². The van der Waals surface area contributed by atoms with E-state index in [1.54, 1.807) is 0 Å². The third kappa shape index (κ3) is 74.8. The van der Waals surface area contributed by atoms with Crippen LogP contribution >= 0.6 is 7.82 Å². The molecule has 0 amide bonds. The molecule has 0 aromatic rings. The Labute approximate surface area is 560 Å². The summed E-state index contributed by atoms with van der Waals surface area (Å²) >= 11 is 0. The third-order valence-corrected chi connectivity index (χ3v) is 16.7. The lowest BCUT2D eigenvalue weighted by Gasteiger charge is -2.19. The smallest absolute Gasteiger partial charge is 0.462 e. The summed E-state index contributed by atoms with van der Waals surface area (Å²) in [5, 5.41) is 0. The number of hydrogen-bond donors (Lipinski definition) is 2. The molecule has 0 aliphatic carbocycles. The number of nitrogens with two attached hydrogens (primary N) is 1. The highest BCUT2D eigenvalue weighted by Crippen LogP contribution is 2.43. The molecule has 0 rings (SSSR count). The molecule has 9 nitrogen and oxygen atoms in total. The van der Waals surface area contributed by atoms with E-state index in [1.807, 2.05) is 0 Å². The summed E-state index contributed by atoms with van der Waals surface area (Å²) in [6.45, 7) is 3.64. The first-order chi connectivity index (χ1) is 44.8. The highest BCUT2D eigenvalue weighted by molar-refractivity contribution is 7.47. The van der Waals surface area contributed by atoms with Crippen molar-refractivity contribution in [1.82, 2.24) is 0 Å². The number of allylic oxidation sites excluding steroid dienone is 24. The summed E-state index contributed by atoms with van der Waals surface area (Å²) in [5.41, 5.74) is 5.41. The Balaban J connectivity index is 3.91. The second kappa shape index (κ2) is 74.9. The average Bonchev–Trinajstić information content (AvgIpc) is 3.71. The van der Waals surface area contributed by atoms with Crippen molar-refractivity contribution in [3.8, 4) is 0 Å². The van der Waals surface area contributed by atoms with Gasteiger partial charge in [0.1, 0.15) is 6.61 Å². The van der Waals surface area contributed by atoms with E-state index in [4.69, 9.17) is 24.3 Å². The van der Waals surface area contributed by atoms with Crippen molar-refractivity contribution in [3.05, 3.63) is 146 Å². The number of unbranched alkanes of at least 4 members (excludes halogenated alkanes) is 32. The molecule has 0 heterocycles. The Morgan fingerprint density at radius 2 is 0.604 bits per heavy atom. The molecule has 0 saturated heterocycles. The molecule has 0 bridgehead atoms. The lowest BCUT2D eigenvalue weighted by atomic mass is 10.0. The molecule has 3 N–H and O–H groups in total. The minimum absolute atomic E-state index is 0.0478. The van der Waals surface area contributed by atoms with Crippen molar-refractivity contribution in [1.29, 1.82) is 0 Å². The molecule has 91 heavy (non-hydrogen) atoms. The quantitative estimate of drug-likeness (QED) is 0.0264. The number of esters is 2. The highest BCUT2D eigenvalue weighted by atomic mass is 31.2. The van der Waals surface area contributed by atoms with Crippen LogP contribution < -0.4 is 5.73 Å². The van der Waals surface area contributed by atoms with Crippen LogP contribution in [0.2, 0.25) is 0 Å². The normalized spacial score (nSPS) is 13.8. The summed E-state index contributed by atoms with van der Waals surface area (Å²) in [5.74, 6) is -0.829. The molecule has 0 saturated carbocycles. The van der Waals surface area contributed by atoms with Gasteiger partial charge in [0.25, 0.3) is 0 Å². The number of rotatable bonds is 69. The van der Waals surface area contributed by atoms with Crippen molar-refractivity contribution >= 4 is 19.8 Å². The first kappa shape index (κ1) is 86.9. The summed E-state index contributed by atoms with van der Waals surface area (Å²) in [6.07, 6.45) is 108. The number of phosphoric ester groups is 1. The molecule has 0 radical (unpaired) electrons. The molecule has 0 fully saturated rings. The van der Waals surface area contributed by atoms with Crippen LogP contribution in [0.3, 0.4) is 0 Å². The Hall–Kier alpha value is -4.11. The lowest BCUT2D eigenvalue weighted by Crippen LogP contribution is -2.29. The minimum atomic E-state index is -4.40. The molecule has 0 aromatic carbocycles. The zero-order chi connectivity index (χ0) is 65.8. The van der Waals surface area contributed by atoms with Crippen molar-refractivity contribution in [2.75, 3.05) is 26.4 Å². The predicted molar refractivity (Wildman–Crippen MR) is 394 cm³/mol. The van der Waals surface area contributed by atoms with Crippen molar-refractivity contribution in [3.63, 3.8) is 0 Å². The number of carbonyl (C=O) groups excluding carboxylic acids is 2. The van der Waals surface area contributed by atoms with Gasteiger partial charge in [-0.25, -0.2) is 4.57 Å². The first-order valence-electron chi connectivity index (χ1n) is 37.3. The number of phosphoric acid groups is 1. The van der Waals surface area contributed by atoms with Crippen molar-refractivity contribution < 1.29 is 37.6 Å². The maximum absolute atomic E-state index is 12.8. The zero-order valence-corrected chi connectivity index (χ0v) is 59.4. The summed E-state index contributed by atoms with van der Waals surface area (Å²) in [7, 11) is -4.40. The fourth-order valence-corrected chi connectivity index (χ4v) is 11.0. The molecular weight excluding hydrogens is 1150 g/mol. The number of carbonyl (C=O) groups is 2. The predicted octanol–water partition coefficient (Wildman–Crippen LogP) is 25.0. The fraction of sp³-hybridized carbons (Fsp3) is 0.679. The number of ether oxygens (including phenoxy) is 2. The van der Waals surface area contributed by atoms with Crippen LogP contribution in [0.1, 0.15) is 322 Å². The Morgan fingerprint density at radius 3 is 0.901 bits per heavy atom. The molecule has 2 unspecified atom stereocenters. The van der Waals surface area contributed by atoms with Crippen molar-refractivity contribution in [2.45, 2.75) is 328 Å². The van der Waals surface area contributed by atoms with E-state index in [2.05, 4.69) is 160 Å². The largest absolute Gasteiger partial charge is 0.472 e. The number of hydrogen-bond acceptors (Lipinski definition) is 8. The van der Waals surface area contributed by atoms with E-state index < -0.39 is 26.5 Å². The monoisotopic (exact) mass is 1280 g/mol. The highest BCUT2D eigenvalue weighted by Gasteiger charge is 2.26. The van der Waals surface area contributed by atoms with Gasteiger partial charge in [-0.05, 0) is 122 Å². The van der Waals surface area contributed by atoms with Gasteiger partial charge >= 0.3 is 19.8 Å². The standard InChI is InChI=1S/C81H138NO8P/c1-3-5-7-9-11-13-15-17-19-21-23-25-27-29-31-33-35-36-37-38-39-40-41-42-44-46-48-50-52-54-56-58-60-62-64-66-68-70-72-74-81(84)90-79(78-89-91(85,86)88-76-75-82)77-87-80(83)73-71-69-67-65-63-61-59-57-55-53-51-49-47-45-43-34-32-30-28-26-24-22-20-18-16-14-12-10-8-6-4-2/h5,7,11,13,16-19,22-25,28-31,35-36,38-39,41-42,46,48,79H,3-4,6,8-10,12,14-15,20-21,26-27,32-34,37,40,43-45,47,49-78,82H2,1-2H3,(H,85,86)/b7-5-,13-11-,18-16-,19-17-,24-22-,25-23-,30-28-,31-29-,36-35-,39-38-,42-41-,48-46-. The van der Waals surface area contributed by atoms with Crippen molar-refractivity contribution in [2.24, 2.45) is 5.73 Å². The second-order valence-electron chi connectivity index (χ2n) is 24.4. The van der Waals surface area contributed by atoms with Crippen LogP contribution in [0.25, 0.3) is 0 Å². The summed E-state index contributed by atoms with van der Waals surface area (Å²) in [6, 6.07) is 0. The summed E-state index contributed by atoms with van der Waals surface area (Å²) in [4.78, 5) is 35.4. The lowest BCUT2D eigenvalue weighted by molar-refractivity contribution is -0.161. The molecule has 0 spiro atoms. The fourth-order valence-electron chi connectivity index (χ4n) is 10.2. The maximum Gasteiger partial charge on any atom is 0.472 e. The van der Waals surface area contributed by atoms with Gasteiger partial charge in [0, 0.05) is 19.4 Å². The van der Waals surface area contributed by atoms with Crippen LogP contribution in [-0.2, 0) is 32.7 Å². The van der Waals surface area contributed by atoms with Gasteiger partial charge in [0.15, 0.2) is 6.10 Å². The molecule has 2 atom stereocenters. The van der Waals surface area contributed by atoms with Crippen LogP contribution in [0.5, 0.6) is 0 Å². The van der Waals surface area contributed by atoms with E-state index in [9.17, 15) is 19.0 Å². The van der Waals surface area contributed by atoms with Crippen LogP contribution in [0.15, 0.2) is 146 Å². The van der Waals surface area contributed by atoms with Gasteiger partial charge in [-0.2, -0.15) is 0 Å². The van der Waals surface area contributed by atoms with Gasteiger partial charge in [-0.15, -0.1) is 0 Å². The van der Waals surface area contributed by atoms with Gasteiger partial charge in [0.2, 0.25) is 0 Å². The van der Waals surface area contributed by atoms with E-state index in [-0.39, 0.29) is 38.6 Å². The maximum atomic E-state index is 12.8. The second-order valence-corrected chi connectivity index (χ2v) is 25.9. The van der Waals surface area contributed by atoms with E-state index >= 15 is 0 Å². The Bertz CT molecular complexity index is 2010. The Kier molecular flexibility index (Phi) is 71.5.